The van der Waals surface area contributed by atoms with Crippen molar-refractivity contribution in [2.45, 2.75) is 19.0 Å². The molecule has 9 heteroatoms. The first-order valence-corrected chi connectivity index (χ1v) is 9.61. The third kappa shape index (κ3) is 2.91. The lowest BCUT2D eigenvalue weighted by atomic mass is 10.2. The number of carbonyl (C=O) groups excluding carboxylic acids is 1. The quantitative estimate of drug-likeness (QED) is 0.725. The van der Waals surface area contributed by atoms with Gasteiger partial charge in [-0.1, -0.05) is 12.1 Å². The Balaban J connectivity index is 1.59. The van der Waals surface area contributed by atoms with Crippen LogP contribution in [0.5, 0.6) is 0 Å². The van der Waals surface area contributed by atoms with Crippen LogP contribution in [0, 0.1) is 0 Å². The Hall–Kier alpha value is -2.68. The molecule has 8 nitrogen and oxygen atoms in total. The highest BCUT2D eigenvalue weighted by Crippen LogP contribution is 2.23. The van der Waals surface area contributed by atoms with Gasteiger partial charge in [0.25, 0.3) is 5.56 Å². The molecule has 0 aliphatic carbocycles. The van der Waals surface area contributed by atoms with Gasteiger partial charge in [0.1, 0.15) is 17.6 Å². The van der Waals surface area contributed by atoms with Crippen LogP contribution in [0.3, 0.4) is 0 Å². The number of nitrogens with zero attached hydrogens (tertiary/aromatic N) is 2. The molecule has 1 fully saturated rings. The van der Waals surface area contributed by atoms with Crippen LogP contribution in [0.1, 0.15) is 6.42 Å². The first-order valence-electron chi connectivity index (χ1n) is 7.79. The van der Waals surface area contributed by atoms with E-state index < -0.39 is 27.3 Å². The fourth-order valence-electron chi connectivity index (χ4n) is 3.06. The first-order chi connectivity index (χ1) is 11.9. The number of fused-ring (bicyclic) bond motifs is 3. The molecule has 3 aromatic rings. The van der Waals surface area contributed by atoms with Crippen molar-refractivity contribution in [2.75, 3.05) is 11.5 Å². The minimum atomic E-state index is -3.08. The van der Waals surface area contributed by atoms with Crippen LogP contribution in [-0.4, -0.2) is 41.4 Å². The summed E-state index contributed by atoms with van der Waals surface area (Å²) >= 11 is 0. The second-order valence-electron chi connectivity index (χ2n) is 6.12. The van der Waals surface area contributed by atoms with Crippen molar-refractivity contribution >= 4 is 37.8 Å². The molecule has 25 heavy (non-hydrogen) atoms. The van der Waals surface area contributed by atoms with E-state index in [2.05, 4.69) is 10.3 Å². The number of sulfone groups is 1. The van der Waals surface area contributed by atoms with Gasteiger partial charge in [-0.3, -0.25) is 14.2 Å². The minimum absolute atomic E-state index is 0.0610. The molecule has 4 rings (SSSR count). The van der Waals surface area contributed by atoms with E-state index in [1.165, 1.54) is 6.33 Å². The summed E-state index contributed by atoms with van der Waals surface area (Å²) in [5, 5.41) is 3.39. The predicted octanol–water partition coefficient (Wildman–Crippen LogP) is 0.446. The van der Waals surface area contributed by atoms with E-state index in [1.54, 1.807) is 12.1 Å². The Labute approximate surface area is 142 Å². The monoisotopic (exact) mass is 361 g/mol. The number of rotatable bonds is 3. The summed E-state index contributed by atoms with van der Waals surface area (Å²) in [5.41, 5.74) is 0.662. The molecule has 1 N–H and O–H groups in total. The summed E-state index contributed by atoms with van der Waals surface area (Å²) in [4.78, 5) is 28.9. The number of amides is 1. The molecule has 0 radical (unpaired) electrons. The third-order valence-electron chi connectivity index (χ3n) is 4.26. The lowest BCUT2D eigenvalue weighted by molar-refractivity contribution is -0.122. The zero-order valence-corrected chi connectivity index (χ0v) is 14.0. The Morgan fingerprint density at radius 3 is 2.92 bits per heavy atom. The number of benzene rings is 1. The van der Waals surface area contributed by atoms with Gasteiger partial charge in [0, 0.05) is 11.4 Å². The highest BCUT2D eigenvalue weighted by Gasteiger charge is 2.29. The van der Waals surface area contributed by atoms with Crippen molar-refractivity contribution < 1.29 is 17.6 Å². The van der Waals surface area contributed by atoms with Crippen LogP contribution < -0.4 is 10.9 Å². The standard InChI is InChI=1S/C16H15N3O5S/c20-13(18-10-5-6-25(22,23)8-10)7-19-9-17-14-11-3-1-2-4-12(11)24-15(14)16(19)21/h1-4,9-10H,5-8H2,(H,18,20)/t10-/m1/s1. The largest absolute Gasteiger partial charge is 0.448 e. The number of nitrogens with one attached hydrogen (secondary N) is 1. The number of carbonyl (C=O) groups is 1. The molecule has 0 saturated carbocycles. The highest BCUT2D eigenvalue weighted by molar-refractivity contribution is 7.91. The van der Waals surface area contributed by atoms with Crippen molar-refractivity contribution in [3.8, 4) is 0 Å². The van der Waals surface area contributed by atoms with E-state index in [1.807, 2.05) is 12.1 Å². The molecule has 130 valence electrons. The summed E-state index contributed by atoms with van der Waals surface area (Å²) in [6.45, 7) is -0.241. The lowest BCUT2D eigenvalue weighted by Gasteiger charge is -2.11. The molecule has 2 aromatic heterocycles. The molecule has 1 aliphatic heterocycles. The SMILES string of the molecule is O=C(Cn1cnc2c(oc3ccccc32)c1=O)N[C@@H]1CCS(=O)(=O)C1. The Morgan fingerprint density at radius 1 is 1.36 bits per heavy atom. The highest BCUT2D eigenvalue weighted by atomic mass is 32.2. The fourth-order valence-corrected chi connectivity index (χ4v) is 4.74. The van der Waals surface area contributed by atoms with E-state index in [-0.39, 0.29) is 23.6 Å². The maximum Gasteiger partial charge on any atom is 0.297 e. The number of hydrogen-bond acceptors (Lipinski definition) is 6. The van der Waals surface area contributed by atoms with E-state index in [0.29, 0.717) is 17.5 Å². The molecule has 1 atom stereocenters. The zero-order chi connectivity index (χ0) is 17.6. The summed E-state index contributed by atoms with van der Waals surface area (Å²) in [6.07, 6.45) is 1.70. The molecule has 3 heterocycles. The number of aromatic nitrogens is 2. The number of para-hydroxylation sites is 1. The second kappa shape index (κ2) is 5.69. The minimum Gasteiger partial charge on any atom is -0.448 e. The maximum absolute atomic E-state index is 12.5. The van der Waals surface area contributed by atoms with E-state index in [9.17, 15) is 18.0 Å². The van der Waals surface area contributed by atoms with Crippen molar-refractivity contribution in [2.24, 2.45) is 0 Å². The molecular formula is C16H15N3O5S. The van der Waals surface area contributed by atoms with Crippen LogP contribution >= 0.6 is 0 Å². The maximum atomic E-state index is 12.5. The van der Waals surface area contributed by atoms with Gasteiger partial charge in [-0.25, -0.2) is 13.4 Å². The fraction of sp³-hybridized carbons (Fsp3) is 0.312. The van der Waals surface area contributed by atoms with Gasteiger partial charge in [0.05, 0.1) is 17.8 Å². The molecule has 1 amide bonds. The van der Waals surface area contributed by atoms with Crippen LogP contribution in [0.25, 0.3) is 22.1 Å². The lowest BCUT2D eigenvalue weighted by Crippen LogP contribution is -2.39. The molecule has 1 saturated heterocycles. The van der Waals surface area contributed by atoms with Gasteiger partial charge < -0.3 is 9.73 Å². The predicted molar refractivity (Wildman–Crippen MR) is 91.0 cm³/mol. The first kappa shape index (κ1) is 15.8. The van der Waals surface area contributed by atoms with Gasteiger partial charge in [0.2, 0.25) is 11.5 Å². The van der Waals surface area contributed by atoms with Gasteiger partial charge in [-0.2, -0.15) is 0 Å². The number of furan rings is 1. The topological polar surface area (TPSA) is 111 Å². The van der Waals surface area contributed by atoms with Crippen LogP contribution in [-0.2, 0) is 21.2 Å². The molecule has 0 bridgehead atoms. The summed E-state index contributed by atoms with van der Waals surface area (Å²) in [5.74, 6) is -0.416. The third-order valence-corrected chi connectivity index (χ3v) is 6.03. The Morgan fingerprint density at radius 2 is 2.16 bits per heavy atom. The second-order valence-corrected chi connectivity index (χ2v) is 8.35. The molecule has 0 spiro atoms. The normalized spacial score (nSPS) is 19.4. The van der Waals surface area contributed by atoms with Crippen molar-refractivity contribution in [1.29, 1.82) is 0 Å². The molecule has 1 aromatic carbocycles. The smallest absolute Gasteiger partial charge is 0.297 e. The summed E-state index contributed by atoms with van der Waals surface area (Å²) in [7, 11) is -3.08. The van der Waals surface area contributed by atoms with Crippen LogP contribution in [0.2, 0.25) is 0 Å². The molecular weight excluding hydrogens is 346 g/mol. The molecule has 0 unspecified atom stereocenters. The van der Waals surface area contributed by atoms with Gasteiger partial charge in [-0.15, -0.1) is 0 Å². The zero-order valence-electron chi connectivity index (χ0n) is 13.1. The van der Waals surface area contributed by atoms with Crippen molar-refractivity contribution in [3.63, 3.8) is 0 Å². The average Bonchev–Trinajstić information content (AvgIpc) is 3.10. The summed E-state index contributed by atoms with van der Waals surface area (Å²) in [6, 6.07) is 6.77. The van der Waals surface area contributed by atoms with Gasteiger partial charge in [-0.05, 0) is 18.6 Å². The Bertz CT molecular complexity index is 1150. The Kier molecular flexibility index (Phi) is 3.60. The number of hydrogen-bond donors (Lipinski definition) is 1. The average molecular weight is 361 g/mol. The summed E-state index contributed by atoms with van der Waals surface area (Å²) < 4.78 is 29.6. The van der Waals surface area contributed by atoms with Crippen LogP contribution in [0.4, 0.5) is 0 Å². The van der Waals surface area contributed by atoms with Gasteiger partial charge in [0.15, 0.2) is 9.84 Å². The van der Waals surface area contributed by atoms with E-state index >= 15 is 0 Å². The van der Waals surface area contributed by atoms with E-state index in [0.717, 1.165) is 9.95 Å². The van der Waals surface area contributed by atoms with Gasteiger partial charge >= 0.3 is 0 Å². The van der Waals surface area contributed by atoms with E-state index in [4.69, 9.17) is 4.42 Å². The van der Waals surface area contributed by atoms with Crippen molar-refractivity contribution in [3.05, 3.63) is 40.9 Å². The van der Waals surface area contributed by atoms with Crippen LogP contribution in [0.15, 0.2) is 39.8 Å². The molecule has 1 aliphatic rings. The van der Waals surface area contributed by atoms with Crippen molar-refractivity contribution in [1.82, 2.24) is 14.9 Å².